The van der Waals surface area contributed by atoms with E-state index in [4.69, 9.17) is 9.47 Å². The second kappa shape index (κ2) is 11.3. The number of rotatable bonds is 7. The summed E-state index contributed by atoms with van der Waals surface area (Å²) in [6.45, 7) is 11.5. The Hall–Kier alpha value is -4.24. The highest BCUT2D eigenvalue weighted by Crippen LogP contribution is 2.36. The third-order valence-corrected chi connectivity index (χ3v) is 7.92. The summed E-state index contributed by atoms with van der Waals surface area (Å²) in [5.41, 5.74) is 4.77. The first-order chi connectivity index (χ1) is 19.6. The van der Waals surface area contributed by atoms with Crippen molar-refractivity contribution in [2.75, 3.05) is 6.61 Å². The van der Waals surface area contributed by atoms with E-state index in [0.29, 0.717) is 31.9 Å². The molecule has 0 spiro atoms. The van der Waals surface area contributed by atoms with Crippen molar-refractivity contribution in [1.29, 1.82) is 0 Å². The molecule has 0 fully saturated rings. The summed E-state index contributed by atoms with van der Waals surface area (Å²) in [5.74, 6) is -0.235. The molecule has 2 aromatic heterocycles. The molecule has 4 aromatic rings. The number of carbonyl (C=O) groups excluding carboxylic acids is 1. The van der Waals surface area contributed by atoms with Crippen LogP contribution in [0, 0.1) is 19.7 Å². The third kappa shape index (κ3) is 5.29. The van der Waals surface area contributed by atoms with Gasteiger partial charge in [-0.15, -0.1) is 0 Å². The number of hydrogen-bond donors (Lipinski definition) is 0. The molecular formula is C32H32FN3O4S. The molecule has 1 unspecified atom stereocenters. The number of hydrogen-bond acceptors (Lipinski definition) is 6. The molecule has 0 radical (unpaired) electrons. The Kier molecular flexibility index (Phi) is 7.82. The maximum absolute atomic E-state index is 14.1. The van der Waals surface area contributed by atoms with Gasteiger partial charge in [-0.05, 0) is 89.6 Å². The summed E-state index contributed by atoms with van der Waals surface area (Å²) in [4.78, 5) is 32.5. The molecule has 3 heterocycles. The molecule has 0 saturated heterocycles. The van der Waals surface area contributed by atoms with E-state index in [1.807, 2.05) is 68.7 Å². The van der Waals surface area contributed by atoms with Crippen molar-refractivity contribution >= 4 is 23.4 Å². The van der Waals surface area contributed by atoms with Crippen LogP contribution in [0.3, 0.4) is 0 Å². The average Bonchev–Trinajstić information content (AvgIpc) is 3.38. The largest absolute Gasteiger partial charge is 0.491 e. The van der Waals surface area contributed by atoms with E-state index < -0.39 is 12.0 Å². The van der Waals surface area contributed by atoms with E-state index in [1.165, 1.54) is 23.5 Å². The fraction of sp³-hybridized carbons (Fsp3) is 0.281. The highest BCUT2D eigenvalue weighted by atomic mass is 32.1. The lowest BCUT2D eigenvalue weighted by Gasteiger charge is -2.26. The zero-order valence-electron chi connectivity index (χ0n) is 23.9. The molecular weight excluding hydrogens is 541 g/mol. The molecule has 1 aliphatic heterocycles. The molecule has 41 heavy (non-hydrogen) atoms. The minimum absolute atomic E-state index is 0.112. The number of fused-ring (bicyclic) bond motifs is 1. The number of carbonyl (C=O) groups is 1. The second-order valence-corrected chi connectivity index (χ2v) is 11.2. The van der Waals surface area contributed by atoms with Crippen LogP contribution < -0.4 is 19.6 Å². The van der Waals surface area contributed by atoms with Crippen molar-refractivity contribution in [3.8, 4) is 11.4 Å². The van der Waals surface area contributed by atoms with Crippen LogP contribution in [0.5, 0.6) is 5.75 Å². The van der Waals surface area contributed by atoms with Gasteiger partial charge in [-0.2, -0.15) is 0 Å². The molecule has 9 heteroatoms. The van der Waals surface area contributed by atoms with Crippen LogP contribution in [0.25, 0.3) is 11.8 Å². The molecule has 0 aliphatic carbocycles. The van der Waals surface area contributed by atoms with E-state index in [9.17, 15) is 14.0 Å². The fourth-order valence-electron chi connectivity index (χ4n) is 5.22. The van der Waals surface area contributed by atoms with E-state index in [1.54, 1.807) is 30.5 Å². The van der Waals surface area contributed by atoms with Crippen LogP contribution in [0.2, 0.25) is 0 Å². The van der Waals surface area contributed by atoms with Crippen LogP contribution in [0.4, 0.5) is 4.39 Å². The molecule has 5 rings (SSSR count). The molecule has 212 valence electrons. The SMILES string of the molecule is CCOC(=O)C1=C(C)N=c2s/c(=C\c3cc(C)n(-c4ccc(F)cc4)c3C)c(=O)n2C1c1ccccc1OC(C)C. The molecule has 0 bridgehead atoms. The highest BCUT2D eigenvalue weighted by Gasteiger charge is 2.35. The number of esters is 1. The first-order valence-electron chi connectivity index (χ1n) is 13.5. The normalized spacial score (nSPS) is 15.2. The van der Waals surface area contributed by atoms with Crippen molar-refractivity contribution in [1.82, 2.24) is 9.13 Å². The monoisotopic (exact) mass is 573 g/mol. The van der Waals surface area contributed by atoms with Crippen LogP contribution in [-0.4, -0.2) is 27.8 Å². The lowest BCUT2D eigenvalue weighted by molar-refractivity contribution is -0.139. The summed E-state index contributed by atoms with van der Waals surface area (Å²) >= 11 is 1.27. The van der Waals surface area contributed by atoms with Crippen molar-refractivity contribution in [2.45, 2.75) is 53.7 Å². The minimum Gasteiger partial charge on any atom is -0.491 e. The van der Waals surface area contributed by atoms with E-state index in [-0.39, 0.29) is 24.1 Å². The van der Waals surface area contributed by atoms with Gasteiger partial charge in [0.1, 0.15) is 17.6 Å². The molecule has 0 amide bonds. The van der Waals surface area contributed by atoms with Crippen molar-refractivity contribution in [3.63, 3.8) is 0 Å². The number of aromatic nitrogens is 2. The van der Waals surface area contributed by atoms with Gasteiger partial charge in [-0.25, -0.2) is 14.2 Å². The van der Waals surface area contributed by atoms with Crippen LogP contribution in [-0.2, 0) is 9.53 Å². The van der Waals surface area contributed by atoms with Crippen molar-refractivity contribution < 1.29 is 18.7 Å². The number of thiazole rings is 1. The summed E-state index contributed by atoms with van der Waals surface area (Å²) in [6, 6.07) is 15.0. The van der Waals surface area contributed by atoms with Crippen LogP contribution >= 0.6 is 11.3 Å². The number of ether oxygens (including phenoxy) is 2. The fourth-order valence-corrected chi connectivity index (χ4v) is 6.25. The molecule has 1 aliphatic rings. The Morgan fingerprint density at radius 2 is 1.83 bits per heavy atom. The van der Waals surface area contributed by atoms with E-state index in [2.05, 4.69) is 4.99 Å². The van der Waals surface area contributed by atoms with E-state index in [0.717, 1.165) is 22.6 Å². The van der Waals surface area contributed by atoms with Crippen LogP contribution in [0.15, 0.2) is 75.7 Å². The number of halogens is 1. The maximum Gasteiger partial charge on any atom is 0.338 e. The number of benzene rings is 2. The van der Waals surface area contributed by atoms with Crippen molar-refractivity contribution in [3.05, 3.63) is 114 Å². The zero-order chi connectivity index (χ0) is 29.4. The van der Waals surface area contributed by atoms with Gasteiger partial charge in [0.25, 0.3) is 5.56 Å². The predicted molar refractivity (Wildman–Crippen MR) is 158 cm³/mol. The van der Waals surface area contributed by atoms with Gasteiger partial charge in [0.2, 0.25) is 0 Å². The number of aryl methyl sites for hydroxylation is 1. The topological polar surface area (TPSA) is 74.8 Å². The maximum atomic E-state index is 14.1. The van der Waals surface area contributed by atoms with E-state index >= 15 is 0 Å². The van der Waals surface area contributed by atoms with Gasteiger partial charge in [0, 0.05) is 22.6 Å². The average molecular weight is 574 g/mol. The van der Waals surface area contributed by atoms with Gasteiger partial charge >= 0.3 is 5.97 Å². The lowest BCUT2D eigenvalue weighted by Crippen LogP contribution is -2.40. The summed E-state index contributed by atoms with van der Waals surface area (Å²) < 4.78 is 29.1. The standard InChI is InChI=1S/C32H32FN3O4S/c1-7-39-31(38)28-20(5)34-32-36(29(28)25-10-8-9-11-26(25)40-18(2)3)30(37)27(41-32)17-22-16-19(4)35(21(22)6)24-14-12-23(33)13-15-24/h8-18,29H,7H2,1-6H3/b27-17-. The quantitative estimate of drug-likeness (QED) is 0.287. The molecule has 0 saturated carbocycles. The first kappa shape index (κ1) is 28.3. The van der Waals surface area contributed by atoms with Gasteiger partial charge in [0.05, 0.1) is 28.5 Å². The Labute approximate surface area is 241 Å². The molecule has 7 nitrogen and oxygen atoms in total. The number of nitrogens with zero attached hydrogens (tertiary/aromatic N) is 3. The Morgan fingerprint density at radius 3 is 2.51 bits per heavy atom. The summed E-state index contributed by atoms with van der Waals surface area (Å²) in [5, 5.41) is 0. The lowest BCUT2D eigenvalue weighted by atomic mass is 9.95. The number of allylic oxidation sites excluding steroid dienone is 1. The predicted octanol–water partition coefficient (Wildman–Crippen LogP) is 5.13. The summed E-state index contributed by atoms with van der Waals surface area (Å²) in [6.07, 6.45) is 1.74. The summed E-state index contributed by atoms with van der Waals surface area (Å²) in [7, 11) is 0. The zero-order valence-corrected chi connectivity index (χ0v) is 24.7. The van der Waals surface area contributed by atoms with Gasteiger partial charge in [-0.1, -0.05) is 29.5 Å². The number of para-hydroxylation sites is 1. The first-order valence-corrected chi connectivity index (χ1v) is 14.3. The Balaban J connectivity index is 1.71. The van der Waals surface area contributed by atoms with Gasteiger partial charge < -0.3 is 14.0 Å². The highest BCUT2D eigenvalue weighted by molar-refractivity contribution is 7.07. The minimum atomic E-state index is -0.769. The Morgan fingerprint density at radius 1 is 1.12 bits per heavy atom. The third-order valence-electron chi connectivity index (χ3n) is 6.94. The molecule has 1 atom stereocenters. The van der Waals surface area contributed by atoms with Crippen molar-refractivity contribution in [2.24, 2.45) is 4.99 Å². The van der Waals surface area contributed by atoms with Gasteiger partial charge in [0.15, 0.2) is 4.80 Å². The smallest absolute Gasteiger partial charge is 0.338 e. The van der Waals surface area contributed by atoms with Gasteiger partial charge in [-0.3, -0.25) is 9.36 Å². The molecule has 0 N–H and O–H groups in total. The molecule has 2 aromatic carbocycles. The Bertz CT molecular complexity index is 1840. The van der Waals surface area contributed by atoms with Crippen LogP contribution in [0.1, 0.15) is 56.3 Å². The second-order valence-electron chi connectivity index (χ2n) is 10.1.